The molecule has 1 aliphatic rings. The summed E-state index contributed by atoms with van der Waals surface area (Å²) in [6.45, 7) is 5.18. The minimum absolute atomic E-state index is 0.266. The molecule has 5 heteroatoms. The Kier molecular flexibility index (Phi) is 5.81. The largest absolute Gasteiger partial charge is 0.385 e. The van der Waals surface area contributed by atoms with Gasteiger partial charge in [0.2, 0.25) is 5.91 Å². The van der Waals surface area contributed by atoms with E-state index in [4.69, 9.17) is 4.74 Å². The van der Waals surface area contributed by atoms with E-state index in [0.29, 0.717) is 30.0 Å². The van der Waals surface area contributed by atoms with Crippen molar-refractivity contribution in [1.29, 1.82) is 0 Å². The Morgan fingerprint density at radius 3 is 2.63 bits per heavy atom. The molecule has 5 nitrogen and oxygen atoms in total. The van der Waals surface area contributed by atoms with Crippen molar-refractivity contribution in [3.8, 4) is 0 Å². The van der Waals surface area contributed by atoms with Gasteiger partial charge in [-0.1, -0.05) is 24.3 Å². The molecule has 27 heavy (non-hydrogen) atoms. The zero-order chi connectivity index (χ0) is 19.4. The molecule has 2 aromatic rings. The van der Waals surface area contributed by atoms with Crippen molar-refractivity contribution in [3.63, 3.8) is 0 Å². The second kappa shape index (κ2) is 8.27. The molecule has 0 fully saturated rings. The summed E-state index contributed by atoms with van der Waals surface area (Å²) in [7, 11) is 1.65. The van der Waals surface area contributed by atoms with E-state index in [1.807, 2.05) is 50.2 Å². The molecule has 0 aromatic heterocycles. The topological polar surface area (TPSA) is 59.0 Å². The third-order valence-corrected chi connectivity index (χ3v) is 4.85. The Hall–Kier alpha value is -2.79. The second-order valence-corrected chi connectivity index (χ2v) is 6.71. The number of anilines is 1. The van der Waals surface area contributed by atoms with E-state index in [1.165, 1.54) is 4.90 Å². The number of aliphatic imine (C=N–C) groups is 1. The highest BCUT2D eigenvalue weighted by Gasteiger charge is 2.38. The number of benzene rings is 2. The molecule has 0 N–H and O–H groups in total. The fraction of sp³-hybridized carbons (Fsp3) is 0.318. The normalized spacial score (nSPS) is 16.9. The Bertz CT molecular complexity index is 889. The standard InChI is InChI=1S/C22H24N2O3/c1-15-9-10-17(13-16(15)2)24-21(25)19-8-5-4-7-18(19)20(22(24)26)14-23-11-6-12-27-3/h4-5,7-10,13-14,20H,6,11-12H2,1-3H3/t20-/m0/s1. The third kappa shape index (κ3) is 3.83. The van der Waals surface area contributed by atoms with Crippen LogP contribution in [0.1, 0.15) is 39.4 Å². The van der Waals surface area contributed by atoms with Crippen LogP contribution >= 0.6 is 0 Å². The Labute approximate surface area is 159 Å². The first-order chi connectivity index (χ1) is 13.0. The van der Waals surface area contributed by atoms with E-state index >= 15 is 0 Å². The van der Waals surface area contributed by atoms with Crippen LogP contribution in [0.2, 0.25) is 0 Å². The van der Waals surface area contributed by atoms with Gasteiger partial charge in [0.15, 0.2) is 0 Å². The quantitative estimate of drug-likeness (QED) is 0.446. The van der Waals surface area contributed by atoms with Gasteiger partial charge in [-0.05, 0) is 55.2 Å². The number of carbonyl (C=O) groups is 2. The number of hydrogen-bond donors (Lipinski definition) is 0. The van der Waals surface area contributed by atoms with Gasteiger partial charge in [0, 0.05) is 32.0 Å². The first-order valence-corrected chi connectivity index (χ1v) is 9.08. The van der Waals surface area contributed by atoms with E-state index in [0.717, 1.165) is 17.5 Å². The molecule has 140 valence electrons. The first kappa shape index (κ1) is 19.0. The highest BCUT2D eigenvalue weighted by Crippen LogP contribution is 2.32. The van der Waals surface area contributed by atoms with Gasteiger partial charge < -0.3 is 4.74 Å². The molecule has 2 aromatic carbocycles. The van der Waals surface area contributed by atoms with Gasteiger partial charge in [-0.25, -0.2) is 4.90 Å². The first-order valence-electron chi connectivity index (χ1n) is 9.08. The summed E-state index contributed by atoms with van der Waals surface area (Å²) < 4.78 is 5.03. The number of carbonyl (C=O) groups excluding carboxylic acids is 2. The average Bonchev–Trinajstić information content (AvgIpc) is 2.67. The summed E-state index contributed by atoms with van der Waals surface area (Å²) in [5.41, 5.74) is 4.01. The number of ether oxygens (including phenoxy) is 1. The lowest BCUT2D eigenvalue weighted by Gasteiger charge is -2.31. The fourth-order valence-electron chi connectivity index (χ4n) is 3.19. The Morgan fingerprint density at radius 2 is 1.89 bits per heavy atom. The number of methoxy groups -OCH3 is 1. The van der Waals surface area contributed by atoms with Crippen molar-refractivity contribution < 1.29 is 14.3 Å². The number of amides is 2. The number of rotatable bonds is 6. The molecule has 0 saturated carbocycles. The predicted octanol–water partition coefficient (Wildman–Crippen LogP) is 3.68. The van der Waals surface area contributed by atoms with Gasteiger partial charge in [0.25, 0.3) is 5.91 Å². The van der Waals surface area contributed by atoms with Crippen molar-refractivity contribution in [2.24, 2.45) is 4.99 Å². The molecule has 0 unspecified atom stereocenters. The van der Waals surface area contributed by atoms with Gasteiger partial charge in [-0.2, -0.15) is 0 Å². The number of fused-ring (bicyclic) bond motifs is 1. The maximum Gasteiger partial charge on any atom is 0.265 e. The molecule has 0 spiro atoms. The van der Waals surface area contributed by atoms with E-state index in [9.17, 15) is 9.59 Å². The SMILES string of the molecule is COCCCN=C[C@@H]1C(=O)N(c2ccc(C)c(C)c2)C(=O)c2ccccc21. The van der Waals surface area contributed by atoms with Crippen LogP contribution in [0, 0.1) is 13.8 Å². The van der Waals surface area contributed by atoms with Crippen molar-refractivity contribution in [2.75, 3.05) is 25.2 Å². The summed E-state index contributed by atoms with van der Waals surface area (Å²) in [5, 5.41) is 0. The zero-order valence-corrected chi connectivity index (χ0v) is 15.9. The second-order valence-electron chi connectivity index (χ2n) is 6.71. The van der Waals surface area contributed by atoms with Crippen molar-refractivity contribution in [3.05, 3.63) is 64.7 Å². The van der Waals surface area contributed by atoms with Crippen LogP contribution in [0.3, 0.4) is 0 Å². The Balaban J connectivity index is 1.98. The molecular weight excluding hydrogens is 340 g/mol. The van der Waals surface area contributed by atoms with Crippen LogP contribution in [0.5, 0.6) is 0 Å². The minimum atomic E-state index is -0.567. The summed E-state index contributed by atoms with van der Waals surface area (Å²) in [6, 6.07) is 12.9. The molecule has 1 aliphatic heterocycles. The summed E-state index contributed by atoms with van der Waals surface area (Å²) in [5.74, 6) is -1.12. The van der Waals surface area contributed by atoms with Gasteiger partial charge in [0.1, 0.15) is 0 Å². The van der Waals surface area contributed by atoms with Crippen LogP contribution in [0.15, 0.2) is 47.5 Å². The highest BCUT2D eigenvalue weighted by molar-refractivity contribution is 6.29. The lowest BCUT2D eigenvalue weighted by atomic mass is 9.88. The number of hydrogen-bond acceptors (Lipinski definition) is 4. The fourth-order valence-corrected chi connectivity index (χ4v) is 3.19. The van der Waals surface area contributed by atoms with Gasteiger partial charge in [-0.15, -0.1) is 0 Å². The lowest BCUT2D eigenvalue weighted by molar-refractivity contribution is -0.118. The monoisotopic (exact) mass is 364 g/mol. The maximum atomic E-state index is 13.2. The van der Waals surface area contributed by atoms with Crippen LogP contribution in [-0.4, -0.2) is 38.3 Å². The van der Waals surface area contributed by atoms with Crippen molar-refractivity contribution >= 4 is 23.7 Å². The number of nitrogens with zero attached hydrogens (tertiary/aromatic N) is 2. The molecule has 1 heterocycles. The van der Waals surface area contributed by atoms with Crippen molar-refractivity contribution in [1.82, 2.24) is 0 Å². The van der Waals surface area contributed by atoms with Crippen molar-refractivity contribution in [2.45, 2.75) is 26.2 Å². The third-order valence-electron chi connectivity index (χ3n) is 4.85. The molecule has 2 amide bonds. The maximum absolute atomic E-state index is 13.2. The summed E-state index contributed by atoms with van der Waals surface area (Å²) >= 11 is 0. The van der Waals surface area contributed by atoms with Gasteiger partial charge >= 0.3 is 0 Å². The summed E-state index contributed by atoms with van der Waals surface area (Å²) in [4.78, 5) is 31.9. The van der Waals surface area contributed by atoms with Crippen LogP contribution < -0.4 is 4.90 Å². The van der Waals surface area contributed by atoms with Gasteiger partial charge in [0.05, 0.1) is 11.6 Å². The zero-order valence-electron chi connectivity index (χ0n) is 15.9. The smallest absolute Gasteiger partial charge is 0.265 e. The van der Waals surface area contributed by atoms with Crippen LogP contribution in [-0.2, 0) is 9.53 Å². The average molecular weight is 364 g/mol. The molecule has 0 aliphatic carbocycles. The molecule has 0 bridgehead atoms. The van der Waals surface area contributed by atoms with Gasteiger partial charge in [-0.3, -0.25) is 14.6 Å². The predicted molar refractivity (Wildman–Crippen MR) is 107 cm³/mol. The van der Waals surface area contributed by atoms with Crippen LogP contribution in [0.25, 0.3) is 0 Å². The molecule has 1 atom stereocenters. The summed E-state index contributed by atoms with van der Waals surface area (Å²) in [6.07, 6.45) is 2.45. The number of imide groups is 1. The van der Waals surface area contributed by atoms with Crippen LogP contribution in [0.4, 0.5) is 5.69 Å². The van der Waals surface area contributed by atoms with E-state index < -0.39 is 5.92 Å². The molecular formula is C22H24N2O3. The Morgan fingerprint density at radius 1 is 1.11 bits per heavy atom. The highest BCUT2D eigenvalue weighted by atomic mass is 16.5. The van der Waals surface area contributed by atoms with E-state index in [-0.39, 0.29) is 11.8 Å². The molecule has 0 radical (unpaired) electrons. The molecule has 0 saturated heterocycles. The number of aryl methyl sites for hydroxylation is 2. The van der Waals surface area contributed by atoms with E-state index in [2.05, 4.69) is 4.99 Å². The molecule has 3 rings (SSSR count). The lowest BCUT2D eigenvalue weighted by Crippen LogP contribution is -2.45. The van der Waals surface area contributed by atoms with E-state index in [1.54, 1.807) is 19.4 Å². The minimum Gasteiger partial charge on any atom is -0.385 e.